The second-order valence-corrected chi connectivity index (χ2v) is 27.9. The van der Waals surface area contributed by atoms with Crippen LogP contribution in [0.5, 0.6) is 0 Å². The standard InChI is InChI=1S/C20H36O2.C17H32O2.C15H28O2.C14H26O2.8CH4/c1-5-19(2,3)18(21)22-20(4,16-12-8-6-9-13-16)17-14-10-7-11-15-17;1-5-16(2,3)15(18)19-17(4)13-11-9-7-6-8-10-12-14-17;1-5-14(2,3)13(16)17-15(4)11-9-7-6-8-10-12-15;1-5-13(2,3)12(15)16-14(4)10-8-6-7-9-11-14;;;;;;;;/h16-17H,5-15H2,1-4H3;5-14H2,1-4H3;5-12H2,1-4H3;5-11H2,1-4H3;8*1H4. The van der Waals surface area contributed by atoms with Crippen LogP contribution in [-0.4, -0.2) is 46.3 Å². The van der Waals surface area contributed by atoms with Crippen molar-refractivity contribution in [3.05, 3.63) is 0 Å². The Morgan fingerprint density at radius 3 is 0.671 bits per heavy atom. The number of hydrogen-bond donors (Lipinski definition) is 0. The Bertz CT molecular complexity index is 1570. The lowest BCUT2D eigenvalue weighted by Gasteiger charge is -2.47. The van der Waals surface area contributed by atoms with E-state index >= 15 is 0 Å². The summed E-state index contributed by atoms with van der Waals surface area (Å²) in [6.07, 6.45) is 42.6. The van der Waals surface area contributed by atoms with Crippen molar-refractivity contribution in [2.75, 3.05) is 0 Å². The normalized spacial score (nSPS) is 19.7. The number of carbonyl (C=O) groups excluding carboxylic acids is 4. The first kappa shape index (κ1) is 93.6. The molecule has 0 saturated heterocycles. The van der Waals surface area contributed by atoms with E-state index in [0.29, 0.717) is 11.8 Å². The first-order chi connectivity index (χ1) is 34.6. The minimum atomic E-state index is -0.357. The Balaban J connectivity index is -0.000000178. The minimum Gasteiger partial charge on any atom is -0.459 e. The summed E-state index contributed by atoms with van der Waals surface area (Å²) in [6.45, 7) is 32.7. The maximum Gasteiger partial charge on any atom is 0.312 e. The summed E-state index contributed by atoms with van der Waals surface area (Å²) in [5.41, 5.74) is -2.28. The van der Waals surface area contributed by atoms with Gasteiger partial charge in [0.05, 0.1) is 21.7 Å². The van der Waals surface area contributed by atoms with Gasteiger partial charge in [-0.05, 0) is 223 Å². The SMILES string of the molecule is C.C.C.C.C.C.C.C.CCC(C)(C)C(=O)OC(C)(C1CCCCC1)C1CCCCC1.CCC(C)(C)C(=O)OC1(C)CCCCCC1.CCC(C)(C)C(=O)OC1(C)CCCCCCC1.CCC(C)(C)C(=O)OC1(C)CCCCCCCCC1. The Morgan fingerprint density at radius 1 is 0.305 bits per heavy atom. The average Bonchev–Trinajstić information content (AvgIpc) is 3.59. The van der Waals surface area contributed by atoms with Crippen LogP contribution in [0.25, 0.3) is 0 Å². The highest BCUT2D eigenvalue weighted by molar-refractivity contribution is 5.77. The summed E-state index contributed by atoms with van der Waals surface area (Å²) in [5, 5.41) is 0. The third kappa shape index (κ3) is 32.6. The smallest absolute Gasteiger partial charge is 0.312 e. The lowest BCUT2D eigenvalue weighted by atomic mass is 9.67. The van der Waals surface area contributed by atoms with Crippen molar-refractivity contribution in [3.8, 4) is 0 Å². The molecule has 8 nitrogen and oxygen atoms in total. The lowest BCUT2D eigenvalue weighted by molar-refractivity contribution is -0.187. The third-order valence-corrected chi connectivity index (χ3v) is 19.4. The van der Waals surface area contributed by atoms with E-state index in [1.165, 1.54) is 167 Å². The number of rotatable bonds is 14. The molecule has 5 aliphatic carbocycles. The number of hydrogen-bond acceptors (Lipinski definition) is 8. The van der Waals surface area contributed by atoms with E-state index < -0.39 is 0 Å². The topological polar surface area (TPSA) is 105 Å². The van der Waals surface area contributed by atoms with Crippen LogP contribution in [0.3, 0.4) is 0 Å². The Morgan fingerprint density at radius 2 is 0.476 bits per heavy atom. The van der Waals surface area contributed by atoms with Gasteiger partial charge in [0, 0.05) is 0 Å². The summed E-state index contributed by atoms with van der Waals surface area (Å²) >= 11 is 0. The molecular weight excluding hydrogens is 1020 g/mol. The molecular formula is C74H154O8. The molecule has 0 aromatic carbocycles. The third-order valence-electron chi connectivity index (χ3n) is 19.4. The van der Waals surface area contributed by atoms with Gasteiger partial charge in [-0.2, -0.15) is 0 Å². The largest absolute Gasteiger partial charge is 0.459 e. The molecule has 5 rings (SSSR count). The molecule has 0 aromatic heterocycles. The summed E-state index contributed by atoms with van der Waals surface area (Å²) in [5.74, 6) is 1.09. The molecule has 0 bridgehead atoms. The van der Waals surface area contributed by atoms with Crippen LogP contribution in [0, 0.1) is 33.5 Å². The first-order valence-electron chi connectivity index (χ1n) is 31.5. The number of ether oxygens (including phenoxy) is 4. The van der Waals surface area contributed by atoms with Crippen molar-refractivity contribution in [2.45, 2.75) is 424 Å². The van der Waals surface area contributed by atoms with E-state index in [1.807, 2.05) is 69.2 Å². The van der Waals surface area contributed by atoms with Gasteiger partial charge in [0.2, 0.25) is 0 Å². The van der Waals surface area contributed by atoms with Crippen LogP contribution in [0.15, 0.2) is 0 Å². The van der Waals surface area contributed by atoms with Crippen LogP contribution < -0.4 is 0 Å². The fraction of sp³-hybridized carbons (Fsp3) is 0.946. The zero-order chi connectivity index (χ0) is 55.7. The average molecular weight is 1170 g/mol. The van der Waals surface area contributed by atoms with Gasteiger partial charge in [-0.25, -0.2) is 0 Å². The number of carbonyl (C=O) groups is 4. The monoisotopic (exact) mass is 1170 g/mol. The van der Waals surface area contributed by atoms with Crippen molar-refractivity contribution < 1.29 is 38.1 Å². The Kier molecular flexibility index (Phi) is 50.6. The Labute approximate surface area is 517 Å². The van der Waals surface area contributed by atoms with Crippen LogP contribution in [0.2, 0.25) is 0 Å². The molecule has 8 heteroatoms. The van der Waals surface area contributed by atoms with Gasteiger partial charge >= 0.3 is 23.9 Å². The van der Waals surface area contributed by atoms with E-state index in [0.717, 1.165) is 64.2 Å². The van der Waals surface area contributed by atoms with Crippen LogP contribution >= 0.6 is 0 Å². The summed E-state index contributed by atoms with van der Waals surface area (Å²) in [7, 11) is 0. The van der Waals surface area contributed by atoms with Crippen LogP contribution in [0.4, 0.5) is 0 Å². The molecule has 5 fully saturated rings. The van der Waals surface area contributed by atoms with Crippen molar-refractivity contribution >= 4 is 23.9 Å². The van der Waals surface area contributed by atoms with Gasteiger partial charge in [0.25, 0.3) is 0 Å². The fourth-order valence-corrected chi connectivity index (χ4v) is 11.3. The predicted molar refractivity (Wildman–Crippen MR) is 363 cm³/mol. The zero-order valence-corrected chi connectivity index (χ0v) is 51.9. The molecule has 0 radical (unpaired) electrons. The number of esters is 4. The molecule has 0 unspecified atom stereocenters. The molecule has 0 atom stereocenters. The molecule has 0 aliphatic heterocycles. The molecule has 5 aliphatic rings. The summed E-state index contributed by atoms with van der Waals surface area (Å²) in [6, 6.07) is 0. The maximum absolute atomic E-state index is 12.8. The lowest BCUT2D eigenvalue weighted by Crippen LogP contribution is -2.49. The van der Waals surface area contributed by atoms with E-state index in [-0.39, 0.29) is 127 Å². The Hall–Kier alpha value is -2.12. The molecule has 0 heterocycles. The summed E-state index contributed by atoms with van der Waals surface area (Å²) < 4.78 is 23.9. The highest BCUT2D eigenvalue weighted by Gasteiger charge is 2.47. The molecule has 498 valence electrons. The van der Waals surface area contributed by atoms with Crippen LogP contribution in [-0.2, 0) is 38.1 Å². The highest BCUT2D eigenvalue weighted by Crippen LogP contribution is 2.46. The van der Waals surface area contributed by atoms with E-state index in [2.05, 4.69) is 41.5 Å². The zero-order valence-electron chi connectivity index (χ0n) is 51.9. The molecule has 82 heavy (non-hydrogen) atoms. The van der Waals surface area contributed by atoms with Crippen molar-refractivity contribution in [1.82, 2.24) is 0 Å². The minimum absolute atomic E-state index is 0. The van der Waals surface area contributed by atoms with E-state index in [9.17, 15) is 19.2 Å². The van der Waals surface area contributed by atoms with Gasteiger partial charge in [-0.1, -0.05) is 190 Å². The molecule has 0 aromatic rings. The van der Waals surface area contributed by atoms with Gasteiger partial charge in [0.1, 0.15) is 22.4 Å². The maximum atomic E-state index is 12.8. The summed E-state index contributed by atoms with van der Waals surface area (Å²) in [4.78, 5) is 49.3. The van der Waals surface area contributed by atoms with Gasteiger partial charge < -0.3 is 18.9 Å². The van der Waals surface area contributed by atoms with Crippen molar-refractivity contribution in [3.63, 3.8) is 0 Å². The first-order valence-corrected chi connectivity index (χ1v) is 31.5. The molecule has 0 N–H and O–H groups in total. The van der Waals surface area contributed by atoms with Crippen molar-refractivity contribution in [2.24, 2.45) is 33.5 Å². The second kappa shape index (κ2) is 44.3. The second-order valence-electron chi connectivity index (χ2n) is 27.9. The molecule has 5 saturated carbocycles. The fourth-order valence-electron chi connectivity index (χ4n) is 11.3. The van der Waals surface area contributed by atoms with E-state index in [1.54, 1.807) is 0 Å². The van der Waals surface area contributed by atoms with Gasteiger partial charge in [0.15, 0.2) is 0 Å². The van der Waals surface area contributed by atoms with Gasteiger partial charge in [-0.15, -0.1) is 0 Å². The molecule has 0 spiro atoms. The predicted octanol–water partition coefficient (Wildman–Crippen LogP) is 24.8. The van der Waals surface area contributed by atoms with Crippen LogP contribution in [0.1, 0.15) is 401 Å². The highest BCUT2D eigenvalue weighted by atomic mass is 16.6. The molecule has 0 amide bonds. The quantitative estimate of drug-likeness (QED) is 0.0962. The van der Waals surface area contributed by atoms with E-state index in [4.69, 9.17) is 18.9 Å². The van der Waals surface area contributed by atoms with Crippen molar-refractivity contribution in [1.29, 1.82) is 0 Å². The van der Waals surface area contributed by atoms with Gasteiger partial charge in [-0.3, -0.25) is 19.2 Å².